The minimum atomic E-state index is -1.10. The van der Waals surface area contributed by atoms with Gasteiger partial charge in [-0.05, 0) is 31.3 Å². The Morgan fingerprint density at radius 3 is 2.36 bits per heavy atom. The molecule has 0 saturated heterocycles. The molecule has 0 spiro atoms. The summed E-state index contributed by atoms with van der Waals surface area (Å²) in [5.41, 5.74) is 6.13. The predicted molar refractivity (Wildman–Crippen MR) is 46.3 cm³/mol. The molecule has 0 radical (unpaired) electrons. The van der Waals surface area contributed by atoms with E-state index in [2.05, 4.69) is 4.72 Å². The number of hydrogen-bond donors (Lipinski definition) is 2. The lowest BCUT2D eigenvalue weighted by Crippen LogP contribution is -2.10. The molecule has 1 unspecified atom stereocenters. The molecule has 0 saturated carbocycles. The Morgan fingerprint density at radius 1 is 1.36 bits per heavy atom. The van der Waals surface area contributed by atoms with Gasteiger partial charge in [0.25, 0.3) is 0 Å². The van der Waals surface area contributed by atoms with Crippen LogP contribution >= 0.6 is 0 Å². The minimum absolute atomic E-state index is 0.682. The normalized spacial score (nSPS) is 12.8. The number of nitrogens with one attached hydrogen (secondary N) is 1. The molecule has 4 heteroatoms. The van der Waals surface area contributed by atoms with Crippen LogP contribution in [0.1, 0.15) is 0 Å². The van der Waals surface area contributed by atoms with E-state index < -0.39 is 11.0 Å². The van der Waals surface area contributed by atoms with E-state index in [1.54, 1.807) is 31.3 Å². The molecule has 1 rings (SSSR count). The maximum absolute atomic E-state index is 11.1. The molecule has 0 heterocycles. The minimum Gasteiger partial charge on any atom is -0.399 e. The third-order valence-corrected chi connectivity index (χ3v) is 2.35. The lowest BCUT2D eigenvalue weighted by atomic mass is 10.3. The van der Waals surface area contributed by atoms with Gasteiger partial charge in [0.05, 0.1) is 4.90 Å². The number of nitrogens with two attached hydrogens (primary N) is 1. The van der Waals surface area contributed by atoms with Gasteiger partial charge in [0, 0.05) is 5.69 Å². The summed E-state index contributed by atoms with van der Waals surface area (Å²) in [4.78, 5) is 0.738. The zero-order valence-corrected chi connectivity index (χ0v) is 7.02. The maximum Gasteiger partial charge on any atom is 0.124 e. The largest absolute Gasteiger partial charge is 0.399 e. The van der Waals surface area contributed by atoms with Gasteiger partial charge in [-0.3, -0.25) is 0 Å². The molecular weight excluding hydrogens is 160 g/mol. The number of rotatable bonds is 2. The second kappa shape index (κ2) is 3.50. The predicted octanol–water partition coefficient (Wildman–Crippen LogP) is 0.511. The fraction of sp³-hybridized carbons (Fsp3) is 0.143. The molecule has 1 aromatic carbocycles. The Labute approximate surface area is 68.2 Å². The first-order valence-electron chi connectivity index (χ1n) is 3.18. The SMILES string of the molecule is CNS(=O)c1ccc(N)cc1. The number of anilines is 1. The first kappa shape index (κ1) is 8.23. The lowest BCUT2D eigenvalue weighted by molar-refractivity contribution is 0.678. The van der Waals surface area contributed by atoms with E-state index in [1.165, 1.54) is 0 Å². The average Bonchev–Trinajstić information content (AvgIpc) is 2.05. The zero-order chi connectivity index (χ0) is 8.27. The van der Waals surface area contributed by atoms with Crippen molar-refractivity contribution in [2.24, 2.45) is 0 Å². The van der Waals surface area contributed by atoms with Gasteiger partial charge in [-0.1, -0.05) is 0 Å². The Kier molecular flexibility index (Phi) is 2.62. The smallest absolute Gasteiger partial charge is 0.124 e. The first-order chi connectivity index (χ1) is 5.24. The van der Waals surface area contributed by atoms with E-state index in [0.29, 0.717) is 5.69 Å². The highest BCUT2D eigenvalue weighted by atomic mass is 32.2. The van der Waals surface area contributed by atoms with Crippen molar-refractivity contribution in [2.75, 3.05) is 12.8 Å². The highest BCUT2D eigenvalue weighted by Gasteiger charge is 1.97. The molecule has 0 aliphatic carbocycles. The average molecular weight is 170 g/mol. The van der Waals surface area contributed by atoms with Crippen molar-refractivity contribution in [3.8, 4) is 0 Å². The third kappa shape index (κ3) is 2.03. The van der Waals surface area contributed by atoms with Crippen LogP contribution in [0.15, 0.2) is 29.2 Å². The molecule has 11 heavy (non-hydrogen) atoms. The summed E-state index contributed by atoms with van der Waals surface area (Å²) < 4.78 is 13.7. The van der Waals surface area contributed by atoms with Crippen LogP contribution in [-0.4, -0.2) is 11.3 Å². The standard InChI is InChI=1S/C7H10N2OS/c1-9-11(10)7-4-2-6(8)3-5-7/h2-5,9H,8H2,1H3. The number of hydrogen-bond acceptors (Lipinski definition) is 2. The van der Waals surface area contributed by atoms with Crippen LogP contribution in [-0.2, 0) is 11.0 Å². The third-order valence-electron chi connectivity index (χ3n) is 1.28. The second-order valence-corrected chi connectivity index (χ2v) is 3.46. The molecular formula is C7H10N2OS. The van der Waals surface area contributed by atoms with E-state index in [9.17, 15) is 4.21 Å². The van der Waals surface area contributed by atoms with Crippen LogP contribution in [0, 0.1) is 0 Å². The Balaban J connectivity index is 2.90. The number of nitrogen functional groups attached to an aromatic ring is 1. The van der Waals surface area contributed by atoms with Crippen LogP contribution in [0.25, 0.3) is 0 Å². The van der Waals surface area contributed by atoms with E-state index in [-0.39, 0.29) is 0 Å². The quantitative estimate of drug-likeness (QED) is 0.635. The monoisotopic (exact) mass is 170 g/mol. The molecule has 0 aromatic heterocycles. The fourth-order valence-corrected chi connectivity index (χ4v) is 1.33. The van der Waals surface area contributed by atoms with E-state index in [0.717, 1.165) is 4.90 Å². The van der Waals surface area contributed by atoms with Gasteiger partial charge in [0.1, 0.15) is 11.0 Å². The summed E-state index contributed by atoms with van der Waals surface area (Å²) in [6.45, 7) is 0. The Morgan fingerprint density at radius 2 is 1.91 bits per heavy atom. The molecule has 0 fully saturated rings. The van der Waals surface area contributed by atoms with Crippen LogP contribution in [0.2, 0.25) is 0 Å². The van der Waals surface area contributed by atoms with Crippen molar-refractivity contribution in [3.63, 3.8) is 0 Å². The van der Waals surface area contributed by atoms with Gasteiger partial charge in [0.15, 0.2) is 0 Å². The van der Waals surface area contributed by atoms with Gasteiger partial charge in [-0.25, -0.2) is 8.93 Å². The van der Waals surface area contributed by atoms with Crippen molar-refractivity contribution in [1.29, 1.82) is 0 Å². The summed E-state index contributed by atoms with van der Waals surface area (Å²) in [7, 11) is 0.541. The molecule has 1 atom stereocenters. The molecule has 0 amide bonds. The van der Waals surface area contributed by atoms with Crippen molar-refractivity contribution in [3.05, 3.63) is 24.3 Å². The fourth-order valence-electron chi connectivity index (χ4n) is 0.709. The van der Waals surface area contributed by atoms with Crippen LogP contribution in [0.3, 0.4) is 0 Å². The van der Waals surface area contributed by atoms with Crippen LogP contribution < -0.4 is 10.5 Å². The van der Waals surface area contributed by atoms with E-state index in [1.807, 2.05) is 0 Å². The molecule has 0 aliphatic heterocycles. The Bertz CT molecular complexity index is 258. The van der Waals surface area contributed by atoms with Crippen molar-refractivity contribution >= 4 is 16.7 Å². The van der Waals surface area contributed by atoms with Gasteiger partial charge in [-0.2, -0.15) is 0 Å². The van der Waals surface area contributed by atoms with Crippen molar-refractivity contribution < 1.29 is 4.21 Å². The van der Waals surface area contributed by atoms with Crippen molar-refractivity contribution in [1.82, 2.24) is 4.72 Å². The van der Waals surface area contributed by atoms with Crippen molar-refractivity contribution in [2.45, 2.75) is 4.90 Å². The molecule has 0 bridgehead atoms. The second-order valence-electron chi connectivity index (χ2n) is 2.04. The van der Waals surface area contributed by atoms with E-state index in [4.69, 9.17) is 5.73 Å². The highest BCUT2D eigenvalue weighted by Crippen LogP contribution is 2.07. The molecule has 1 aromatic rings. The summed E-state index contributed by atoms with van der Waals surface area (Å²) in [6, 6.07) is 6.93. The lowest BCUT2D eigenvalue weighted by Gasteiger charge is -1.98. The molecule has 0 aliphatic rings. The summed E-state index contributed by atoms with van der Waals surface area (Å²) in [5, 5.41) is 0. The number of benzene rings is 1. The van der Waals surface area contributed by atoms with Gasteiger partial charge in [-0.15, -0.1) is 0 Å². The van der Waals surface area contributed by atoms with Gasteiger partial charge < -0.3 is 5.73 Å². The van der Waals surface area contributed by atoms with Gasteiger partial charge in [0.2, 0.25) is 0 Å². The Hall–Kier alpha value is -0.870. The molecule has 3 nitrogen and oxygen atoms in total. The first-order valence-corrected chi connectivity index (χ1v) is 4.33. The maximum atomic E-state index is 11.1. The molecule has 3 N–H and O–H groups in total. The summed E-state index contributed by atoms with van der Waals surface area (Å²) >= 11 is 0. The van der Waals surface area contributed by atoms with Gasteiger partial charge >= 0.3 is 0 Å². The van der Waals surface area contributed by atoms with Crippen LogP contribution in [0.4, 0.5) is 5.69 Å². The topological polar surface area (TPSA) is 55.1 Å². The summed E-state index contributed by atoms with van der Waals surface area (Å²) in [5.74, 6) is 0. The molecule has 60 valence electrons. The summed E-state index contributed by atoms with van der Waals surface area (Å²) in [6.07, 6.45) is 0. The van der Waals surface area contributed by atoms with Crippen LogP contribution in [0.5, 0.6) is 0 Å². The zero-order valence-electron chi connectivity index (χ0n) is 6.20. The highest BCUT2D eigenvalue weighted by molar-refractivity contribution is 7.83. The van der Waals surface area contributed by atoms with E-state index >= 15 is 0 Å².